The molecular weight excluding hydrogens is 303 g/mol. The summed E-state index contributed by atoms with van der Waals surface area (Å²) in [5, 5.41) is 9.79. The Bertz CT molecular complexity index is 586. The summed E-state index contributed by atoms with van der Waals surface area (Å²) in [6.07, 6.45) is 0. The summed E-state index contributed by atoms with van der Waals surface area (Å²) in [6.45, 7) is 0. The number of carbonyl (C=O) groups is 1. The molecule has 0 aliphatic heterocycles. The van der Waals surface area contributed by atoms with Crippen LogP contribution in [0.2, 0.25) is 10.0 Å². The van der Waals surface area contributed by atoms with Gasteiger partial charge in [-0.1, -0.05) is 23.2 Å². The molecule has 0 amide bonds. The molecule has 0 aliphatic rings. The van der Waals surface area contributed by atoms with Crippen LogP contribution in [0.4, 0.5) is 0 Å². The van der Waals surface area contributed by atoms with E-state index in [2.05, 4.69) is 4.83 Å². The summed E-state index contributed by atoms with van der Waals surface area (Å²) < 4.78 is 23.8. The highest BCUT2D eigenvalue weighted by molar-refractivity contribution is 7.89. The summed E-state index contributed by atoms with van der Waals surface area (Å²) in [5.41, 5.74) is -0.333. The van der Waals surface area contributed by atoms with Gasteiger partial charge in [0.15, 0.2) is 0 Å². The largest absolute Gasteiger partial charge is 0.478 e. The Balaban J connectivity index is 3.42. The van der Waals surface area contributed by atoms with Crippen LogP contribution >= 0.6 is 23.2 Å². The van der Waals surface area contributed by atoms with E-state index in [4.69, 9.17) is 28.3 Å². The number of nitrogens with zero attached hydrogens (tertiary/aromatic N) is 1. The number of rotatable bonds is 4. The van der Waals surface area contributed by atoms with E-state index in [1.54, 1.807) is 0 Å². The molecule has 1 aromatic carbocycles. The van der Waals surface area contributed by atoms with E-state index < -0.39 is 16.0 Å². The summed E-state index contributed by atoms with van der Waals surface area (Å²) >= 11 is 11.4. The molecule has 0 unspecified atom stereocenters. The monoisotopic (exact) mass is 312 g/mol. The van der Waals surface area contributed by atoms with Crippen LogP contribution in [0.3, 0.4) is 0 Å². The summed E-state index contributed by atoms with van der Waals surface area (Å²) in [6, 6.07) is 2.00. The number of hydrazine groups is 1. The molecule has 9 heteroatoms. The predicted molar refractivity (Wildman–Crippen MR) is 67.4 cm³/mol. The maximum atomic E-state index is 11.9. The van der Waals surface area contributed by atoms with E-state index in [1.165, 1.54) is 19.1 Å². The lowest BCUT2D eigenvalue weighted by atomic mass is 10.2. The SMILES string of the molecule is CN(C)NS(=O)(=O)c1cc(C(=O)O)c(Cl)cc1Cl. The molecule has 0 saturated carbocycles. The minimum absolute atomic E-state index is 0.128. The number of sulfonamides is 1. The van der Waals surface area contributed by atoms with Gasteiger partial charge >= 0.3 is 5.97 Å². The van der Waals surface area contributed by atoms with Gasteiger partial charge in [0.25, 0.3) is 10.0 Å². The first kappa shape index (κ1) is 15.2. The van der Waals surface area contributed by atoms with Crippen molar-refractivity contribution in [2.75, 3.05) is 14.1 Å². The molecule has 0 fully saturated rings. The number of nitrogens with one attached hydrogen (secondary N) is 1. The fourth-order valence-electron chi connectivity index (χ4n) is 1.19. The summed E-state index contributed by atoms with van der Waals surface area (Å²) in [5.74, 6) is -1.34. The lowest BCUT2D eigenvalue weighted by Gasteiger charge is -2.14. The van der Waals surface area contributed by atoms with E-state index in [9.17, 15) is 13.2 Å². The Hall–Kier alpha value is -0.860. The zero-order chi connectivity index (χ0) is 14.1. The summed E-state index contributed by atoms with van der Waals surface area (Å²) in [4.78, 5) is 12.7. The van der Waals surface area contributed by atoms with Crippen molar-refractivity contribution >= 4 is 39.2 Å². The number of benzene rings is 1. The lowest BCUT2D eigenvalue weighted by molar-refractivity contribution is 0.0697. The topological polar surface area (TPSA) is 86.7 Å². The van der Waals surface area contributed by atoms with Crippen molar-refractivity contribution in [3.05, 3.63) is 27.7 Å². The van der Waals surface area contributed by atoms with E-state index >= 15 is 0 Å². The maximum Gasteiger partial charge on any atom is 0.337 e. The number of aromatic carboxylic acids is 1. The van der Waals surface area contributed by atoms with Crippen LogP contribution in [0.15, 0.2) is 17.0 Å². The highest BCUT2D eigenvalue weighted by Crippen LogP contribution is 2.28. The van der Waals surface area contributed by atoms with Gasteiger partial charge in [0.1, 0.15) is 4.90 Å². The third kappa shape index (κ3) is 3.33. The molecule has 0 radical (unpaired) electrons. The van der Waals surface area contributed by atoms with E-state index in [-0.39, 0.29) is 20.5 Å². The average molecular weight is 313 g/mol. The highest BCUT2D eigenvalue weighted by Gasteiger charge is 2.22. The molecule has 0 heterocycles. The second-order valence-corrected chi connectivity index (χ2v) is 6.00. The average Bonchev–Trinajstić information content (AvgIpc) is 2.13. The standard InChI is InChI=1S/C9H10Cl2N2O4S/c1-13(2)12-18(16,17)8-3-5(9(14)15)6(10)4-7(8)11/h3-4,12H,1-2H3,(H,14,15). The van der Waals surface area contributed by atoms with Crippen LogP contribution < -0.4 is 4.83 Å². The number of hydrogen-bond donors (Lipinski definition) is 2. The van der Waals surface area contributed by atoms with Gasteiger partial charge in [-0.25, -0.2) is 18.2 Å². The number of halogens is 2. The Kier molecular flexibility index (Phi) is 4.57. The Labute approximate surface area is 114 Å². The molecular formula is C9H10Cl2N2O4S. The zero-order valence-electron chi connectivity index (χ0n) is 9.44. The molecule has 0 spiro atoms. The number of hydrogen-bond acceptors (Lipinski definition) is 4. The molecule has 2 N–H and O–H groups in total. The molecule has 1 rings (SSSR count). The van der Waals surface area contributed by atoms with Crippen molar-refractivity contribution in [1.29, 1.82) is 0 Å². The van der Waals surface area contributed by atoms with Crippen LogP contribution in [0.5, 0.6) is 0 Å². The van der Waals surface area contributed by atoms with Crippen molar-refractivity contribution in [2.45, 2.75) is 4.90 Å². The minimum atomic E-state index is -3.94. The smallest absolute Gasteiger partial charge is 0.337 e. The van der Waals surface area contributed by atoms with Crippen molar-refractivity contribution in [2.24, 2.45) is 0 Å². The van der Waals surface area contributed by atoms with Crippen molar-refractivity contribution in [3.8, 4) is 0 Å². The minimum Gasteiger partial charge on any atom is -0.478 e. The predicted octanol–water partition coefficient (Wildman–Crippen LogP) is 1.45. The number of carboxylic acids is 1. The molecule has 0 atom stereocenters. The fraction of sp³-hybridized carbons (Fsp3) is 0.222. The van der Waals surface area contributed by atoms with Crippen molar-refractivity contribution in [3.63, 3.8) is 0 Å². The molecule has 1 aromatic rings. The zero-order valence-corrected chi connectivity index (χ0v) is 11.8. The second kappa shape index (κ2) is 5.41. The van der Waals surface area contributed by atoms with Gasteiger partial charge < -0.3 is 5.11 Å². The van der Waals surface area contributed by atoms with Crippen LogP contribution in [0.1, 0.15) is 10.4 Å². The van der Waals surface area contributed by atoms with Gasteiger partial charge in [-0.05, 0) is 12.1 Å². The quantitative estimate of drug-likeness (QED) is 0.822. The maximum absolute atomic E-state index is 11.9. The van der Waals surface area contributed by atoms with Gasteiger partial charge in [0.2, 0.25) is 0 Å². The van der Waals surface area contributed by atoms with Crippen LogP contribution in [-0.2, 0) is 10.0 Å². The third-order valence-electron chi connectivity index (χ3n) is 1.84. The van der Waals surface area contributed by atoms with Crippen LogP contribution in [-0.4, -0.2) is 38.6 Å². The molecule has 6 nitrogen and oxygen atoms in total. The lowest BCUT2D eigenvalue weighted by Crippen LogP contribution is -2.36. The normalized spacial score (nSPS) is 11.8. The molecule has 0 aliphatic carbocycles. The first-order valence-electron chi connectivity index (χ1n) is 4.57. The Morgan fingerprint density at radius 2 is 1.83 bits per heavy atom. The highest BCUT2D eigenvalue weighted by atomic mass is 35.5. The summed E-state index contributed by atoms with van der Waals surface area (Å²) in [7, 11) is -0.998. The van der Waals surface area contributed by atoms with Gasteiger partial charge in [-0.3, -0.25) is 0 Å². The van der Waals surface area contributed by atoms with Crippen LogP contribution in [0, 0.1) is 0 Å². The number of carboxylic acid groups (broad SMARTS) is 1. The van der Waals surface area contributed by atoms with E-state index in [0.717, 1.165) is 12.1 Å². The van der Waals surface area contributed by atoms with Crippen molar-refractivity contribution < 1.29 is 18.3 Å². The second-order valence-electron chi connectivity index (χ2n) is 3.56. The molecule has 0 saturated heterocycles. The van der Waals surface area contributed by atoms with Gasteiger partial charge in [0.05, 0.1) is 15.6 Å². The third-order valence-corrected chi connectivity index (χ3v) is 4.10. The van der Waals surface area contributed by atoms with E-state index in [1.807, 2.05) is 0 Å². The van der Waals surface area contributed by atoms with E-state index in [0.29, 0.717) is 0 Å². The Morgan fingerprint density at radius 1 is 1.28 bits per heavy atom. The van der Waals surface area contributed by atoms with Crippen LogP contribution in [0.25, 0.3) is 0 Å². The van der Waals surface area contributed by atoms with Gasteiger partial charge in [0, 0.05) is 14.1 Å². The molecule has 18 heavy (non-hydrogen) atoms. The van der Waals surface area contributed by atoms with Crippen molar-refractivity contribution in [1.82, 2.24) is 9.84 Å². The molecule has 100 valence electrons. The first-order chi connectivity index (χ1) is 8.15. The van der Waals surface area contributed by atoms with Gasteiger partial charge in [-0.15, -0.1) is 4.83 Å². The molecule has 0 aromatic heterocycles. The van der Waals surface area contributed by atoms with Gasteiger partial charge in [-0.2, -0.15) is 0 Å². The fourth-order valence-corrected chi connectivity index (χ4v) is 3.12. The first-order valence-corrected chi connectivity index (χ1v) is 6.81. The Morgan fingerprint density at radius 3 is 2.28 bits per heavy atom. The molecule has 0 bridgehead atoms.